The van der Waals surface area contributed by atoms with E-state index in [0.717, 1.165) is 0 Å². The van der Waals surface area contributed by atoms with Crippen molar-refractivity contribution in [3.63, 3.8) is 0 Å². The second kappa shape index (κ2) is 6.68. The van der Waals surface area contributed by atoms with Crippen LogP contribution in [0.2, 0.25) is 0 Å². The van der Waals surface area contributed by atoms with E-state index in [1.54, 1.807) is 0 Å². The largest absolute Gasteiger partial charge is 1.00 e. The van der Waals surface area contributed by atoms with Crippen molar-refractivity contribution in [2.24, 2.45) is 0 Å². The summed E-state index contributed by atoms with van der Waals surface area (Å²) in [5.41, 5.74) is 0. The van der Waals surface area contributed by atoms with Crippen LogP contribution >= 0.6 is 15.7 Å². The Bertz CT molecular complexity index is 129. The summed E-state index contributed by atoms with van der Waals surface area (Å²) in [7, 11) is -10.0. The third-order valence-electron chi connectivity index (χ3n) is 0. The zero-order chi connectivity index (χ0) is 9.00. The Kier molecular flexibility index (Phi) is 11.0. The monoisotopic (exact) mass is 220 g/mol. The molecule has 0 aliphatic rings. The molecule has 0 fully saturated rings. The summed E-state index contributed by atoms with van der Waals surface area (Å²) < 4.78 is 27.8. The fraction of sp³-hybridized carbons (Fsp3) is 0. The molecule has 0 aromatic carbocycles. The molecule has 0 aromatic rings. The molecule has 0 rings (SSSR count). The van der Waals surface area contributed by atoms with Crippen LogP contribution in [0.25, 0.3) is 0 Å². The van der Waals surface area contributed by atoms with E-state index in [1.165, 1.54) is 0 Å². The molecular weight excluding hydrogens is 216 g/mol. The molecule has 0 aromatic heterocycles. The summed E-state index contributed by atoms with van der Waals surface area (Å²) in [5, 5.41) is 0. The standard InChI is InChI=1S/FH2O3P.Na.H3O4P/c1-5(2,3)4;;1-5(2,3)4/h(H2,2,3,4);;(H3,1,2,3,4)/q;+1;/p-1. The van der Waals surface area contributed by atoms with Gasteiger partial charge in [-0.05, 0) is 0 Å². The van der Waals surface area contributed by atoms with Gasteiger partial charge in [0.2, 0.25) is 0 Å². The average molecular weight is 220 g/mol. The van der Waals surface area contributed by atoms with Gasteiger partial charge in [-0.2, -0.15) is 0 Å². The maximum absolute atomic E-state index is 10.4. The first kappa shape index (κ1) is 18.1. The summed E-state index contributed by atoms with van der Waals surface area (Å²) in [5.74, 6) is 0. The summed E-state index contributed by atoms with van der Waals surface area (Å²) in [6.45, 7) is 0. The summed E-state index contributed by atoms with van der Waals surface area (Å²) in [6.07, 6.45) is 0. The molecule has 0 atom stereocenters. The normalized spacial score (nSPS) is 10.7. The van der Waals surface area contributed by atoms with Crippen molar-refractivity contribution in [1.29, 1.82) is 0 Å². The van der Waals surface area contributed by atoms with Gasteiger partial charge in [-0.15, -0.1) is 4.20 Å². The van der Waals surface area contributed by atoms with Crippen molar-refractivity contribution in [3.8, 4) is 0 Å². The predicted octanol–water partition coefficient (Wildman–Crippen LogP) is -4.51. The quantitative estimate of drug-likeness (QED) is 0.238. The predicted molar refractivity (Wildman–Crippen MR) is 25.2 cm³/mol. The minimum absolute atomic E-state index is 0. The van der Waals surface area contributed by atoms with Crippen LogP contribution in [-0.4, -0.2) is 19.6 Å². The van der Waals surface area contributed by atoms with Gasteiger partial charge in [0.15, 0.2) is 0 Å². The summed E-state index contributed by atoms with van der Waals surface area (Å²) >= 11 is 0. The molecule has 0 unspecified atom stereocenters. The van der Waals surface area contributed by atoms with Crippen molar-refractivity contribution < 1.29 is 67.4 Å². The van der Waals surface area contributed by atoms with Crippen LogP contribution in [-0.2, 0) is 9.13 Å². The first-order valence-corrected chi connectivity index (χ1v) is 4.55. The molecule has 0 aliphatic heterocycles. The first-order chi connectivity index (χ1) is 4.00. The van der Waals surface area contributed by atoms with E-state index in [1.807, 2.05) is 0 Å². The Morgan fingerprint density at radius 2 is 1.09 bits per heavy atom. The third-order valence-corrected chi connectivity index (χ3v) is 0. The SMILES string of the molecule is O=P(O)(O)F.O=P([O-])(O)O.[Na+]. The topological polar surface area (TPSA) is 138 Å². The van der Waals surface area contributed by atoms with Crippen molar-refractivity contribution >= 4 is 15.7 Å². The molecule has 0 saturated heterocycles. The first-order valence-electron chi connectivity index (χ1n) is 1.52. The van der Waals surface area contributed by atoms with E-state index in [-0.39, 0.29) is 29.6 Å². The number of halogens is 1. The molecule has 0 amide bonds. The fourth-order valence-corrected chi connectivity index (χ4v) is 0. The van der Waals surface area contributed by atoms with E-state index in [4.69, 9.17) is 33.6 Å². The van der Waals surface area contributed by atoms with E-state index in [0.29, 0.717) is 0 Å². The summed E-state index contributed by atoms with van der Waals surface area (Å²) in [6, 6.07) is 0. The molecule has 0 saturated carbocycles. The van der Waals surface area contributed by atoms with E-state index in [2.05, 4.69) is 0 Å². The van der Waals surface area contributed by atoms with Crippen LogP contribution in [0, 0.1) is 0 Å². The van der Waals surface area contributed by atoms with Gasteiger partial charge in [-0.1, -0.05) is 0 Å². The van der Waals surface area contributed by atoms with Gasteiger partial charge in [0.05, 0.1) is 0 Å². The van der Waals surface area contributed by atoms with Gasteiger partial charge in [0.1, 0.15) is 0 Å². The van der Waals surface area contributed by atoms with Crippen molar-refractivity contribution in [3.05, 3.63) is 0 Å². The van der Waals surface area contributed by atoms with Crippen LogP contribution < -0.4 is 34.5 Å². The van der Waals surface area contributed by atoms with Crippen LogP contribution in [0.4, 0.5) is 4.20 Å². The van der Waals surface area contributed by atoms with E-state index in [9.17, 15) is 4.20 Å². The maximum atomic E-state index is 10.4. The Morgan fingerprint density at radius 3 is 1.09 bits per heavy atom. The van der Waals surface area contributed by atoms with Crippen LogP contribution in [0.15, 0.2) is 0 Å². The molecule has 7 nitrogen and oxygen atoms in total. The van der Waals surface area contributed by atoms with Crippen LogP contribution in [0.3, 0.4) is 0 Å². The summed E-state index contributed by atoms with van der Waals surface area (Å²) in [4.78, 5) is 36.9. The van der Waals surface area contributed by atoms with Crippen LogP contribution in [0.1, 0.15) is 0 Å². The second-order valence-electron chi connectivity index (χ2n) is 0.964. The van der Waals surface area contributed by atoms with Gasteiger partial charge >= 0.3 is 37.5 Å². The third kappa shape index (κ3) is 667. The van der Waals surface area contributed by atoms with E-state index >= 15 is 0 Å². The minimum Gasteiger partial charge on any atom is -0.756 e. The number of rotatable bonds is 0. The minimum atomic E-state index is -5.14. The maximum Gasteiger partial charge on any atom is 1.00 e. The Hall–Kier alpha value is 1.19. The molecular formula is H4FNaO7P2. The molecule has 4 N–H and O–H groups in total. The number of hydrogen-bond donors (Lipinski definition) is 4. The molecule has 0 spiro atoms. The zero-order valence-corrected chi connectivity index (χ0v) is 9.07. The molecule has 64 valence electrons. The fourth-order valence-electron chi connectivity index (χ4n) is 0. The number of phosphoric acid groups is 1. The van der Waals surface area contributed by atoms with Gasteiger partial charge < -0.3 is 14.7 Å². The van der Waals surface area contributed by atoms with Gasteiger partial charge in [0.25, 0.3) is 7.82 Å². The molecule has 0 bridgehead atoms. The zero-order valence-electron chi connectivity index (χ0n) is 5.29. The van der Waals surface area contributed by atoms with Crippen molar-refractivity contribution in [2.45, 2.75) is 0 Å². The average Bonchev–Trinajstić information content (AvgIpc) is 1.12. The smallest absolute Gasteiger partial charge is 0.756 e. The van der Waals surface area contributed by atoms with Gasteiger partial charge in [-0.25, -0.2) is 4.57 Å². The second-order valence-corrected chi connectivity index (χ2v) is 2.89. The molecule has 11 heavy (non-hydrogen) atoms. The number of hydrogen-bond acceptors (Lipinski definition) is 3. The van der Waals surface area contributed by atoms with E-state index < -0.39 is 15.7 Å². The van der Waals surface area contributed by atoms with Crippen LogP contribution in [0.5, 0.6) is 0 Å². The Labute approximate surface area is 83.1 Å². The molecule has 11 heteroatoms. The van der Waals surface area contributed by atoms with Crippen molar-refractivity contribution in [1.82, 2.24) is 0 Å². The Balaban J connectivity index is -0.000000107. The van der Waals surface area contributed by atoms with Gasteiger partial charge in [0, 0.05) is 0 Å². The molecule has 0 heterocycles. The van der Waals surface area contributed by atoms with Crippen molar-refractivity contribution in [2.75, 3.05) is 0 Å². The Morgan fingerprint density at radius 1 is 1.09 bits per heavy atom. The molecule has 0 radical (unpaired) electrons. The molecule has 0 aliphatic carbocycles. The van der Waals surface area contributed by atoms with Gasteiger partial charge in [-0.3, -0.25) is 14.4 Å².